The molecule has 0 aromatic carbocycles. The molecule has 0 spiro atoms. The van der Waals surface area contributed by atoms with Crippen LogP contribution in [0.1, 0.15) is 20.3 Å². The van der Waals surface area contributed by atoms with Crippen molar-refractivity contribution < 1.29 is 19.3 Å². The fourth-order valence-electron chi connectivity index (χ4n) is 0.620. The van der Waals surface area contributed by atoms with Crippen LogP contribution >= 0.6 is 11.6 Å². The zero-order chi connectivity index (χ0) is 11.7. The number of esters is 1. The number of ether oxygens (including phenoxy) is 1. The van der Waals surface area contributed by atoms with Crippen LogP contribution in [0.2, 0.25) is 0 Å². The second-order valence-corrected chi connectivity index (χ2v) is 3.87. The summed E-state index contributed by atoms with van der Waals surface area (Å²) in [5.74, 6) is -0.423. The molecule has 15 heavy (non-hydrogen) atoms. The summed E-state index contributed by atoms with van der Waals surface area (Å²) in [6.07, 6.45) is 0.715. The first kappa shape index (κ1) is 14.4. The molecule has 0 heterocycles. The molecule has 0 aromatic heterocycles. The number of hydrogen-bond donors (Lipinski definition) is 0. The molecule has 0 aliphatic heterocycles. The third-order valence-corrected chi connectivity index (χ3v) is 1.65. The Bertz CT molecular complexity index is 204. The third-order valence-electron chi connectivity index (χ3n) is 1.43. The van der Waals surface area contributed by atoms with Gasteiger partial charge in [-0.05, 0) is 20.3 Å². The van der Waals surface area contributed by atoms with Crippen molar-refractivity contribution >= 4 is 17.6 Å². The molecule has 0 N–H and O–H groups in total. The van der Waals surface area contributed by atoms with Gasteiger partial charge >= 0.3 is 5.97 Å². The Kier molecular flexibility index (Phi) is 8.37. The van der Waals surface area contributed by atoms with Gasteiger partial charge in [-0.2, -0.15) is 0 Å². The molecule has 0 amide bonds. The average Bonchev–Trinajstić information content (AvgIpc) is 2.15. The summed E-state index contributed by atoms with van der Waals surface area (Å²) in [5.41, 5.74) is 0.367. The van der Waals surface area contributed by atoms with Gasteiger partial charge in [-0.25, -0.2) is 14.6 Å². The minimum Gasteiger partial charge on any atom is -0.460 e. The number of hydrogen-bond acceptors (Lipinski definition) is 4. The zero-order valence-electron chi connectivity index (χ0n) is 9.12. The van der Waals surface area contributed by atoms with Crippen LogP contribution in [-0.4, -0.2) is 31.2 Å². The highest BCUT2D eigenvalue weighted by Crippen LogP contribution is 1.99. The molecule has 0 rings (SSSR count). The van der Waals surface area contributed by atoms with Crippen molar-refractivity contribution in [2.24, 2.45) is 0 Å². The lowest BCUT2D eigenvalue weighted by Gasteiger charge is -2.06. The first-order chi connectivity index (χ1) is 7.04. The zero-order valence-corrected chi connectivity index (χ0v) is 9.88. The van der Waals surface area contributed by atoms with E-state index >= 15 is 0 Å². The molecule has 4 nitrogen and oxygen atoms in total. The molecular formula is C10H17ClO4. The molecule has 1 unspecified atom stereocenters. The predicted molar refractivity (Wildman–Crippen MR) is 57.6 cm³/mol. The van der Waals surface area contributed by atoms with Crippen molar-refractivity contribution in [3.8, 4) is 0 Å². The lowest BCUT2D eigenvalue weighted by Crippen LogP contribution is -2.11. The van der Waals surface area contributed by atoms with Crippen LogP contribution in [0.3, 0.4) is 0 Å². The Morgan fingerprint density at radius 3 is 2.47 bits per heavy atom. The van der Waals surface area contributed by atoms with E-state index in [9.17, 15) is 4.79 Å². The Labute approximate surface area is 95.1 Å². The summed E-state index contributed by atoms with van der Waals surface area (Å²) >= 11 is 5.68. The maximum Gasteiger partial charge on any atom is 0.333 e. The van der Waals surface area contributed by atoms with Gasteiger partial charge in [0.15, 0.2) is 0 Å². The van der Waals surface area contributed by atoms with Crippen LogP contribution in [-0.2, 0) is 19.3 Å². The van der Waals surface area contributed by atoms with Crippen LogP contribution < -0.4 is 0 Å². The van der Waals surface area contributed by atoms with Crippen LogP contribution in [0.15, 0.2) is 12.2 Å². The number of halogens is 1. The maximum absolute atomic E-state index is 10.9. The Hall–Kier alpha value is -0.580. The molecular weight excluding hydrogens is 220 g/mol. The first-order valence-electron chi connectivity index (χ1n) is 4.75. The van der Waals surface area contributed by atoms with Gasteiger partial charge in [-0.3, -0.25) is 0 Å². The number of alkyl halides is 1. The van der Waals surface area contributed by atoms with Crippen molar-refractivity contribution in [2.75, 3.05) is 19.8 Å². The van der Waals surface area contributed by atoms with Gasteiger partial charge < -0.3 is 4.74 Å². The van der Waals surface area contributed by atoms with Crippen LogP contribution in [0.25, 0.3) is 0 Å². The Balaban J connectivity index is 3.18. The highest BCUT2D eigenvalue weighted by atomic mass is 35.5. The summed E-state index contributed by atoms with van der Waals surface area (Å²) in [4.78, 5) is 20.4. The van der Waals surface area contributed by atoms with Gasteiger partial charge in [0, 0.05) is 11.0 Å². The van der Waals surface area contributed by atoms with Crippen LogP contribution in [0.4, 0.5) is 0 Å². The van der Waals surface area contributed by atoms with E-state index in [1.165, 1.54) is 0 Å². The van der Waals surface area contributed by atoms with Crippen molar-refractivity contribution in [3.63, 3.8) is 0 Å². The summed E-state index contributed by atoms with van der Waals surface area (Å²) < 4.78 is 4.76. The van der Waals surface area contributed by atoms with Gasteiger partial charge in [-0.15, -0.1) is 11.6 Å². The van der Waals surface area contributed by atoms with Crippen LogP contribution in [0.5, 0.6) is 0 Å². The molecule has 0 saturated heterocycles. The van der Waals surface area contributed by atoms with Crippen molar-refractivity contribution in [2.45, 2.75) is 25.6 Å². The standard InChI is InChI=1S/C10H17ClO4/c1-8(2)10(12)13-6-7-15-14-5-4-9(3)11/h9H,1,4-7H2,2-3H3. The Morgan fingerprint density at radius 1 is 1.33 bits per heavy atom. The SMILES string of the molecule is C=C(C)C(=O)OCCOOCCC(C)Cl. The van der Waals surface area contributed by atoms with E-state index in [4.69, 9.17) is 26.1 Å². The molecule has 0 aromatic rings. The second kappa shape index (κ2) is 8.71. The minimum absolute atomic E-state index is 0.0647. The molecule has 0 aliphatic carbocycles. The fraction of sp³-hybridized carbons (Fsp3) is 0.700. The van der Waals surface area contributed by atoms with Gasteiger partial charge in [0.05, 0.1) is 6.61 Å². The molecule has 0 bridgehead atoms. The molecule has 0 fully saturated rings. The van der Waals surface area contributed by atoms with E-state index < -0.39 is 5.97 Å². The first-order valence-corrected chi connectivity index (χ1v) is 5.18. The van der Waals surface area contributed by atoms with E-state index in [-0.39, 0.29) is 18.6 Å². The summed E-state index contributed by atoms with van der Waals surface area (Å²) in [6.45, 7) is 7.69. The second-order valence-electron chi connectivity index (χ2n) is 3.13. The quantitative estimate of drug-likeness (QED) is 0.162. The Morgan fingerprint density at radius 2 is 1.93 bits per heavy atom. The van der Waals surface area contributed by atoms with E-state index in [0.717, 1.165) is 0 Å². The van der Waals surface area contributed by atoms with Gasteiger partial charge in [0.2, 0.25) is 0 Å². The van der Waals surface area contributed by atoms with Gasteiger partial charge in [0.1, 0.15) is 13.2 Å². The monoisotopic (exact) mass is 236 g/mol. The summed E-state index contributed by atoms with van der Waals surface area (Å²) in [6, 6.07) is 0. The topological polar surface area (TPSA) is 44.8 Å². The van der Waals surface area contributed by atoms with E-state index in [2.05, 4.69) is 6.58 Å². The number of carbonyl (C=O) groups is 1. The highest BCUT2D eigenvalue weighted by Gasteiger charge is 2.02. The van der Waals surface area contributed by atoms with Crippen molar-refractivity contribution in [1.29, 1.82) is 0 Å². The van der Waals surface area contributed by atoms with Gasteiger partial charge in [-0.1, -0.05) is 6.58 Å². The largest absolute Gasteiger partial charge is 0.460 e. The number of rotatable bonds is 8. The predicted octanol–water partition coefficient (Wildman–Crippen LogP) is 2.07. The lowest BCUT2D eigenvalue weighted by atomic mass is 10.4. The summed E-state index contributed by atoms with van der Waals surface area (Å²) in [5, 5.41) is 0.0647. The van der Waals surface area contributed by atoms with E-state index in [1.807, 2.05) is 6.92 Å². The lowest BCUT2D eigenvalue weighted by molar-refractivity contribution is -0.298. The molecule has 0 radical (unpaired) electrons. The average molecular weight is 237 g/mol. The number of carbonyl (C=O) groups excluding carboxylic acids is 1. The van der Waals surface area contributed by atoms with Crippen molar-refractivity contribution in [3.05, 3.63) is 12.2 Å². The molecule has 88 valence electrons. The normalized spacial score (nSPS) is 12.2. The molecule has 1 atom stereocenters. The van der Waals surface area contributed by atoms with Gasteiger partial charge in [0.25, 0.3) is 0 Å². The summed E-state index contributed by atoms with van der Waals surface area (Å²) in [7, 11) is 0. The fourth-order valence-corrected chi connectivity index (χ4v) is 0.709. The highest BCUT2D eigenvalue weighted by molar-refractivity contribution is 6.20. The smallest absolute Gasteiger partial charge is 0.333 e. The molecule has 0 saturated carbocycles. The third kappa shape index (κ3) is 9.72. The van der Waals surface area contributed by atoms with Crippen molar-refractivity contribution in [1.82, 2.24) is 0 Å². The van der Waals surface area contributed by atoms with E-state index in [1.54, 1.807) is 6.92 Å². The maximum atomic E-state index is 10.9. The molecule has 5 heteroatoms. The minimum atomic E-state index is -0.423. The van der Waals surface area contributed by atoms with E-state index in [0.29, 0.717) is 18.6 Å². The molecule has 0 aliphatic rings. The van der Waals surface area contributed by atoms with Crippen LogP contribution in [0, 0.1) is 0 Å².